The van der Waals surface area contributed by atoms with Gasteiger partial charge >= 0.3 is 0 Å². The summed E-state index contributed by atoms with van der Waals surface area (Å²) in [5, 5.41) is 0. The van der Waals surface area contributed by atoms with Crippen molar-refractivity contribution in [1.29, 1.82) is 0 Å². The quantitative estimate of drug-likeness (QED) is 0.735. The van der Waals surface area contributed by atoms with Gasteiger partial charge in [-0.25, -0.2) is 0 Å². The number of hydrogen-bond donors (Lipinski definition) is 0. The summed E-state index contributed by atoms with van der Waals surface area (Å²) in [4.78, 5) is 16.4. The van der Waals surface area contributed by atoms with Crippen molar-refractivity contribution in [2.75, 3.05) is 11.5 Å². The molecule has 0 saturated carbocycles. The first-order valence-electron chi connectivity index (χ1n) is 5.87. The van der Waals surface area contributed by atoms with E-state index in [0.29, 0.717) is 11.5 Å². The van der Waals surface area contributed by atoms with Crippen LogP contribution >= 0.6 is 11.8 Å². The number of carbonyl (C=O) groups excluding carboxylic acids is 1. The van der Waals surface area contributed by atoms with E-state index >= 15 is 0 Å². The van der Waals surface area contributed by atoms with Gasteiger partial charge in [0, 0.05) is 6.20 Å². The van der Waals surface area contributed by atoms with Crippen molar-refractivity contribution in [2.45, 2.75) is 32.1 Å². The maximum absolute atomic E-state index is 12.0. The summed E-state index contributed by atoms with van der Waals surface area (Å²) in [5.41, 5.74) is 2.30. The highest BCUT2D eigenvalue weighted by Gasteiger charge is 2.28. The van der Waals surface area contributed by atoms with Crippen LogP contribution in [0.5, 0.6) is 0 Å². The van der Waals surface area contributed by atoms with Crippen LogP contribution < -0.4 is 0 Å². The molecular weight excluding hydrogens is 218 g/mol. The zero-order chi connectivity index (χ0) is 11.4. The average Bonchev–Trinajstić information content (AvgIpc) is 2.73. The highest BCUT2D eigenvalue weighted by molar-refractivity contribution is 7.99. The zero-order valence-corrected chi connectivity index (χ0v) is 10.4. The van der Waals surface area contributed by atoms with E-state index < -0.39 is 0 Å². The molecule has 2 nitrogen and oxygen atoms in total. The number of aryl methyl sites for hydroxylation is 1. The first-order chi connectivity index (χ1) is 7.83. The summed E-state index contributed by atoms with van der Waals surface area (Å²) in [6.07, 6.45) is 4.90. The Hall–Kier alpha value is -0.830. The maximum atomic E-state index is 12.0. The first-order valence-corrected chi connectivity index (χ1v) is 7.02. The van der Waals surface area contributed by atoms with Crippen molar-refractivity contribution in [3.05, 3.63) is 29.6 Å². The predicted molar refractivity (Wildman–Crippen MR) is 67.9 cm³/mol. The molecule has 1 aromatic rings. The molecular formula is C13H17NOS. The van der Waals surface area contributed by atoms with E-state index in [4.69, 9.17) is 0 Å². The Morgan fingerprint density at radius 3 is 3.31 bits per heavy atom. The van der Waals surface area contributed by atoms with Crippen LogP contribution in [0.4, 0.5) is 0 Å². The van der Waals surface area contributed by atoms with Gasteiger partial charge in [0.15, 0.2) is 5.78 Å². The lowest BCUT2D eigenvalue weighted by atomic mass is 10.0. The Morgan fingerprint density at radius 2 is 2.50 bits per heavy atom. The van der Waals surface area contributed by atoms with Crippen molar-refractivity contribution < 1.29 is 4.79 Å². The van der Waals surface area contributed by atoms with E-state index in [1.54, 1.807) is 18.0 Å². The molecule has 0 amide bonds. The van der Waals surface area contributed by atoms with Crippen LogP contribution in [0.1, 0.15) is 36.9 Å². The standard InChI is InChI=1S/C13H17NOS/c1-2-8-16-9-12(15)11-6-5-10-4-3-7-14-13(10)11/h3-4,7,11H,2,5-6,8-9H2,1H3. The number of hydrogen-bond acceptors (Lipinski definition) is 3. The third kappa shape index (κ3) is 2.46. The lowest BCUT2D eigenvalue weighted by Crippen LogP contribution is -2.13. The molecule has 1 aliphatic carbocycles. The van der Waals surface area contributed by atoms with Gasteiger partial charge in [-0.1, -0.05) is 13.0 Å². The molecule has 1 unspecified atom stereocenters. The van der Waals surface area contributed by atoms with Crippen LogP contribution in [-0.4, -0.2) is 22.3 Å². The highest BCUT2D eigenvalue weighted by atomic mass is 32.2. The summed E-state index contributed by atoms with van der Waals surface area (Å²) in [6.45, 7) is 2.14. The molecule has 0 saturated heterocycles. The van der Waals surface area contributed by atoms with Crippen LogP contribution in [0, 0.1) is 0 Å². The van der Waals surface area contributed by atoms with E-state index in [9.17, 15) is 4.79 Å². The second-order valence-corrected chi connectivity index (χ2v) is 5.26. The van der Waals surface area contributed by atoms with Crippen LogP contribution in [0.2, 0.25) is 0 Å². The minimum atomic E-state index is 0.0700. The van der Waals surface area contributed by atoms with Crippen molar-refractivity contribution in [1.82, 2.24) is 4.98 Å². The molecule has 1 aliphatic rings. The topological polar surface area (TPSA) is 30.0 Å². The van der Waals surface area contributed by atoms with Crippen LogP contribution in [0.25, 0.3) is 0 Å². The van der Waals surface area contributed by atoms with Gasteiger partial charge in [0.05, 0.1) is 17.4 Å². The molecule has 1 aromatic heterocycles. The van der Waals surface area contributed by atoms with Crippen LogP contribution in [-0.2, 0) is 11.2 Å². The fourth-order valence-corrected chi connectivity index (χ4v) is 2.98. The monoisotopic (exact) mass is 235 g/mol. The minimum absolute atomic E-state index is 0.0700. The van der Waals surface area contributed by atoms with Crippen LogP contribution in [0.15, 0.2) is 18.3 Å². The Kier molecular flexibility index (Phi) is 3.99. The van der Waals surface area contributed by atoms with Gasteiger partial charge in [0.2, 0.25) is 0 Å². The van der Waals surface area contributed by atoms with E-state index in [0.717, 1.165) is 30.7 Å². The van der Waals surface area contributed by atoms with Crippen molar-refractivity contribution in [3.8, 4) is 0 Å². The molecule has 0 aromatic carbocycles. The summed E-state index contributed by atoms with van der Waals surface area (Å²) in [6, 6.07) is 4.05. The second kappa shape index (κ2) is 5.48. The molecule has 2 rings (SSSR count). The molecule has 0 fully saturated rings. The average molecular weight is 235 g/mol. The molecule has 0 bridgehead atoms. The van der Waals surface area contributed by atoms with Gasteiger partial charge in [-0.3, -0.25) is 9.78 Å². The maximum Gasteiger partial charge on any atom is 0.151 e. The van der Waals surface area contributed by atoms with Gasteiger partial charge in [-0.05, 0) is 36.6 Å². The van der Waals surface area contributed by atoms with E-state index in [-0.39, 0.29) is 5.92 Å². The Balaban J connectivity index is 1.99. The molecule has 3 heteroatoms. The van der Waals surface area contributed by atoms with Crippen LogP contribution in [0.3, 0.4) is 0 Å². The van der Waals surface area contributed by atoms with Gasteiger partial charge in [0.1, 0.15) is 0 Å². The molecule has 16 heavy (non-hydrogen) atoms. The SMILES string of the molecule is CCCSCC(=O)C1CCc2cccnc21. The van der Waals surface area contributed by atoms with Gasteiger partial charge in [-0.2, -0.15) is 11.8 Å². The number of fused-ring (bicyclic) bond motifs is 1. The third-order valence-corrected chi connectivity index (χ3v) is 4.13. The Bertz CT molecular complexity index is 378. The lowest BCUT2D eigenvalue weighted by molar-refractivity contribution is -0.118. The normalized spacial score (nSPS) is 18.4. The van der Waals surface area contributed by atoms with Crippen molar-refractivity contribution in [2.24, 2.45) is 0 Å². The summed E-state index contributed by atoms with van der Waals surface area (Å²) < 4.78 is 0. The van der Waals surface area contributed by atoms with E-state index in [1.807, 2.05) is 6.07 Å². The first kappa shape index (κ1) is 11.6. The fraction of sp³-hybridized carbons (Fsp3) is 0.538. The number of aromatic nitrogens is 1. The summed E-state index contributed by atoms with van der Waals surface area (Å²) >= 11 is 1.75. The molecule has 0 radical (unpaired) electrons. The number of pyridine rings is 1. The molecule has 0 spiro atoms. The number of carbonyl (C=O) groups is 1. The van der Waals surface area contributed by atoms with Gasteiger partial charge in [0.25, 0.3) is 0 Å². The number of ketones is 1. The fourth-order valence-electron chi connectivity index (χ4n) is 2.14. The minimum Gasteiger partial charge on any atom is -0.298 e. The molecule has 1 heterocycles. The largest absolute Gasteiger partial charge is 0.298 e. The molecule has 1 atom stereocenters. The molecule has 0 aliphatic heterocycles. The predicted octanol–water partition coefficient (Wildman–Crippen LogP) is 2.82. The third-order valence-electron chi connectivity index (χ3n) is 2.94. The van der Waals surface area contributed by atoms with Gasteiger partial charge < -0.3 is 0 Å². The molecule has 86 valence electrons. The number of thioether (sulfide) groups is 1. The Morgan fingerprint density at radius 1 is 1.62 bits per heavy atom. The second-order valence-electron chi connectivity index (χ2n) is 4.16. The van der Waals surface area contributed by atoms with E-state index in [1.165, 1.54) is 5.56 Å². The highest BCUT2D eigenvalue weighted by Crippen LogP contribution is 2.32. The van der Waals surface area contributed by atoms with Crippen molar-refractivity contribution in [3.63, 3.8) is 0 Å². The summed E-state index contributed by atoms with van der Waals surface area (Å²) in [5.74, 6) is 2.15. The number of Topliss-reactive ketones (excluding diaryl/α,β-unsaturated/α-hetero) is 1. The number of nitrogens with zero attached hydrogens (tertiary/aromatic N) is 1. The molecule has 0 N–H and O–H groups in total. The zero-order valence-electron chi connectivity index (χ0n) is 9.61. The summed E-state index contributed by atoms with van der Waals surface area (Å²) in [7, 11) is 0. The van der Waals surface area contributed by atoms with E-state index in [2.05, 4.69) is 18.0 Å². The Labute approximate surface area is 101 Å². The van der Waals surface area contributed by atoms with Gasteiger partial charge in [-0.15, -0.1) is 0 Å². The van der Waals surface area contributed by atoms with Crippen molar-refractivity contribution >= 4 is 17.5 Å². The lowest BCUT2D eigenvalue weighted by Gasteiger charge is -2.08. The smallest absolute Gasteiger partial charge is 0.151 e. The number of rotatable bonds is 5.